The second kappa shape index (κ2) is 48.7. The molecule has 1 heterocycles. The van der Waals surface area contributed by atoms with Crippen molar-refractivity contribution in [3.05, 3.63) is 0 Å². The quantitative estimate of drug-likeness (QED) is 0.0382. The summed E-state index contributed by atoms with van der Waals surface area (Å²) in [6, 6.07) is -5.93. The van der Waals surface area contributed by atoms with Crippen LogP contribution in [-0.4, -0.2) is 211 Å². The van der Waals surface area contributed by atoms with Crippen molar-refractivity contribution in [2.24, 2.45) is 5.73 Å². The smallest absolute Gasteiger partial charge is 0.326 e. The van der Waals surface area contributed by atoms with Crippen molar-refractivity contribution in [3.63, 3.8) is 0 Å². The molecule has 1 fully saturated rings. The van der Waals surface area contributed by atoms with Crippen LogP contribution in [0, 0.1) is 0 Å². The van der Waals surface area contributed by atoms with Gasteiger partial charge < -0.3 is 87.0 Å². The summed E-state index contributed by atoms with van der Waals surface area (Å²) in [6.07, 6.45) is 15.7. The molecule has 5 atom stereocenters. The SMILES string of the molecule is NC(CCCCNC(=O)CCC(NC(=O)CC[C@H](NC(=O)COCCOCCNC(=O)COCCOCCNC(=O)CCC(NC(=O)CCCCCCCCCCCCCCCCC(=O)O)C(=O)O)C(=O)O)C(=O)O)C(=O)N1CCC[C@H]1C(=O)O. The number of aliphatic carboxylic acids is 5. The summed E-state index contributed by atoms with van der Waals surface area (Å²) in [5.74, 6) is -9.65. The van der Waals surface area contributed by atoms with E-state index in [9.17, 15) is 78.0 Å². The molecule has 7 amide bonds. The number of carbonyl (C=O) groups excluding carboxylic acids is 7. The van der Waals surface area contributed by atoms with Crippen LogP contribution < -0.4 is 37.6 Å². The van der Waals surface area contributed by atoms with Gasteiger partial charge >= 0.3 is 29.8 Å². The zero-order chi connectivity index (χ0) is 63.0. The van der Waals surface area contributed by atoms with Crippen molar-refractivity contribution in [2.75, 3.05) is 79.0 Å². The molecule has 0 saturated carbocycles. The first-order chi connectivity index (χ1) is 40.7. The molecule has 13 N–H and O–H groups in total. The topological polar surface area (TPSA) is 444 Å². The highest BCUT2D eigenvalue weighted by atomic mass is 16.5. The van der Waals surface area contributed by atoms with E-state index in [2.05, 4.69) is 31.9 Å². The van der Waals surface area contributed by atoms with Crippen LogP contribution in [-0.2, 0) is 76.5 Å². The fourth-order valence-corrected chi connectivity index (χ4v) is 8.91. The summed E-state index contributed by atoms with van der Waals surface area (Å²) in [5, 5.41) is 61.5. The van der Waals surface area contributed by atoms with Crippen molar-refractivity contribution in [3.8, 4) is 0 Å². The first-order valence-corrected chi connectivity index (χ1v) is 29.9. The third-order valence-electron chi connectivity index (χ3n) is 13.7. The molecule has 486 valence electrons. The number of hydrogen-bond donors (Lipinski definition) is 12. The van der Waals surface area contributed by atoms with Crippen molar-refractivity contribution < 1.29 is 102 Å². The van der Waals surface area contributed by atoms with Gasteiger partial charge in [0.2, 0.25) is 41.4 Å². The fraction of sp³-hybridized carbons (Fsp3) is 0.786. The Morgan fingerprint density at radius 2 is 0.800 bits per heavy atom. The summed E-state index contributed by atoms with van der Waals surface area (Å²) in [5.41, 5.74) is 5.97. The minimum Gasteiger partial charge on any atom is -0.481 e. The molecule has 1 aliphatic heterocycles. The van der Waals surface area contributed by atoms with Gasteiger partial charge in [0.15, 0.2) is 0 Å². The summed E-state index contributed by atoms with van der Waals surface area (Å²) < 4.78 is 21.2. The fourth-order valence-electron chi connectivity index (χ4n) is 8.91. The number of amides is 7. The maximum atomic E-state index is 12.6. The largest absolute Gasteiger partial charge is 0.481 e. The molecule has 3 unspecified atom stereocenters. The van der Waals surface area contributed by atoms with Crippen LogP contribution in [0.4, 0.5) is 0 Å². The molecular formula is C56H96N8O21. The zero-order valence-corrected chi connectivity index (χ0v) is 49.3. The summed E-state index contributed by atoms with van der Waals surface area (Å²) in [6.45, 7) is 0.403. The van der Waals surface area contributed by atoms with Crippen LogP contribution in [0.15, 0.2) is 0 Å². The lowest BCUT2D eigenvalue weighted by atomic mass is 10.0. The Morgan fingerprint density at radius 3 is 1.26 bits per heavy atom. The van der Waals surface area contributed by atoms with Gasteiger partial charge in [0.1, 0.15) is 37.4 Å². The number of likely N-dealkylation sites (tertiary alicyclic amines) is 1. The van der Waals surface area contributed by atoms with E-state index in [1.54, 1.807) is 0 Å². The van der Waals surface area contributed by atoms with Crippen molar-refractivity contribution in [1.82, 2.24) is 36.8 Å². The molecule has 0 radical (unpaired) electrons. The first-order valence-electron chi connectivity index (χ1n) is 29.9. The monoisotopic (exact) mass is 1220 g/mol. The number of nitrogens with one attached hydrogen (secondary N) is 6. The van der Waals surface area contributed by atoms with E-state index in [-0.39, 0.29) is 123 Å². The first kappa shape index (κ1) is 76.5. The Hall–Kier alpha value is -6.56. The van der Waals surface area contributed by atoms with Gasteiger partial charge in [-0.1, -0.05) is 77.0 Å². The number of nitrogens with two attached hydrogens (primary N) is 1. The van der Waals surface area contributed by atoms with E-state index in [4.69, 9.17) is 29.8 Å². The number of unbranched alkanes of at least 4 members (excludes halogenated alkanes) is 14. The minimum absolute atomic E-state index is 0.0247. The van der Waals surface area contributed by atoms with Gasteiger partial charge in [-0.3, -0.25) is 38.4 Å². The standard InChI is InChI=1S/C56H96N8O21/c57-40(52(73)64-31-17-19-44(64)56(80)81)18-15-16-28-58-45(65)25-22-42(54(76)77)62-48(68)27-24-43(55(78)79)63-50(70)39-85-37-35-83-33-30-60-49(69)38-84-36-34-82-32-29-59-46(66)26-23-41(53(74)75)61-47(67)20-13-11-9-7-5-3-1-2-4-6-8-10-12-14-21-51(71)72/h40-44H,1-39,57H2,(H,58,65)(H,59,66)(H,60,69)(H,61,67)(H,62,68)(H,63,70)(H,71,72)(H,74,75)(H,76,77)(H,78,79)(H,80,81)/t40?,41?,42?,43-,44-/m0/s1. The highest BCUT2D eigenvalue weighted by Crippen LogP contribution is 2.19. The van der Waals surface area contributed by atoms with Gasteiger partial charge in [0.05, 0.1) is 45.7 Å². The van der Waals surface area contributed by atoms with Crippen LogP contribution in [0.3, 0.4) is 0 Å². The van der Waals surface area contributed by atoms with Crippen LogP contribution >= 0.6 is 0 Å². The highest BCUT2D eigenvalue weighted by molar-refractivity contribution is 5.88. The van der Waals surface area contributed by atoms with Gasteiger partial charge in [-0.15, -0.1) is 0 Å². The summed E-state index contributed by atoms with van der Waals surface area (Å²) in [4.78, 5) is 145. The lowest BCUT2D eigenvalue weighted by Crippen LogP contribution is -2.48. The maximum absolute atomic E-state index is 12.6. The molecule has 85 heavy (non-hydrogen) atoms. The van der Waals surface area contributed by atoms with Crippen molar-refractivity contribution in [2.45, 2.75) is 204 Å². The Bertz CT molecular complexity index is 2030. The lowest BCUT2D eigenvalue weighted by molar-refractivity contribution is -0.148. The normalized spacial score (nSPS) is 14.3. The predicted molar refractivity (Wildman–Crippen MR) is 304 cm³/mol. The molecule has 1 saturated heterocycles. The van der Waals surface area contributed by atoms with Crippen molar-refractivity contribution in [1.29, 1.82) is 0 Å². The van der Waals surface area contributed by atoms with Crippen LogP contribution in [0.5, 0.6) is 0 Å². The highest BCUT2D eigenvalue weighted by Gasteiger charge is 2.36. The van der Waals surface area contributed by atoms with E-state index >= 15 is 0 Å². The van der Waals surface area contributed by atoms with E-state index < -0.39 is 109 Å². The summed E-state index contributed by atoms with van der Waals surface area (Å²) >= 11 is 0. The number of carboxylic acid groups (broad SMARTS) is 5. The second-order valence-corrected chi connectivity index (χ2v) is 20.8. The number of carbonyl (C=O) groups is 12. The lowest BCUT2D eigenvalue weighted by Gasteiger charge is -2.24. The van der Waals surface area contributed by atoms with E-state index in [1.165, 1.54) is 37.0 Å². The third-order valence-corrected chi connectivity index (χ3v) is 13.7. The predicted octanol–water partition coefficient (Wildman–Crippen LogP) is 1.35. The minimum atomic E-state index is -1.51. The molecule has 0 aromatic rings. The Morgan fingerprint density at radius 1 is 0.412 bits per heavy atom. The van der Waals surface area contributed by atoms with E-state index in [1.807, 2.05) is 0 Å². The van der Waals surface area contributed by atoms with Crippen LogP contribution in [0.25, 0.3) is 0 Å². The summed E-state index contributed by atoms with van der Waals surface area (Å²) in [7, 11) is 0. The van der Waals surface area contributed by atoms with E-state index in [0.717, 1.165) is 51.4 Å². The van der Waals surface area contributed by atoms with Crippen molar-refractivity contribution >= 4 is 71.2 Å². The Labute approximate surface area is 497 Å². The average molecular weight is 1220 g/mol. The average Bonchev–Trinajstić information content (AvgIpc) is 4.22. The molecule has 1 rings (SSSR count). The second-order valence-electron chi connectivity index (χ2n) is 20.8. The van der Waals surface area contributed by atoms with Gasteiger partial charge in [-0.2, -0.15) is 0 Å². The zero-order valence-electron chi connectivity index (χ0n) is 49.3. The van der Waals surface area contributed by atoms with Crippen LogP contribution in [0.2, 0.25) is 0 Å². The number of rotatable bonds is 55. The molecule has 0 aromatic heterocycles. The molecule has 1 aliphatic rings. The molecule has 0 spiro atoms. The van der Waals surface area contributed by atoms with E-state index in [0.29, 0.717) is 38.6 Å². The number of ether oxygens (including phenoxy) is 4. The molecular weight excluding hydrogens is 1120 g/mol. The van der Waals surface area contributed by atoms with Gasteiger partial charge in [0.25, 0.3) is 0 Å². The Kier molecular flexibility index (Phi) is 43.8. The number of hydrogen-bond acceptors (Lipinski definition) is 17. The van der Waals surface area contributed by atoms with Gasteiger partial charge in [-0.25, -0.2) is 19.2 Å². The van der Waals surface area contributed by atoms with Gasteiger partial charge in [-0.05, 0) is 64.2 Å². The Balaban J connectivity index is 2.07. The van der Waals surface area contributed by atoms with Crippen LogP contribution in [0.1, 0.15) is 173 Å². The maximum Gasteiger partial charge on any atom is 0.326 e. The molecule has 0 aromatic carbocycles. The molecule has 29 nitrogen and oxygen atoms in total. The number of nitrogens with zero attached hydrogens (tertiary/aromatic N) is 1. The number of carboxylic acids is 5. The molecule has 0 bridgehead atoms. The van der Waals surface area contributed by atoms with Gasteiger partial charge in [0, 0.05) is 58.3 Å². The molecule has 0 aliphatic carbocycles. The third kappa shape index (κ3) is 41.2. The molecule has 29 heteroatoms.